The Bertz CT molecular complexity index is 973. The Kier molecular flexibility index (Phi) is 4.79. The highest BCUT2D eigenvalue weighted by molar-refractivity contribution is 7.91. The molecule has 0 aliphatic heterocycles. The van der Waals surface area contributed by atoms with Gasteiger partial charge in [0.2, 0.25) is 9.84 Å². The third kappa shape index (κ3) is 3.25. The molecule has 1 aromatic heterocycles. The van der Waals surface area contributed by atoms with Crippen LogP contribution in [0.4, 0.5) is 0 Å². The second kappa shape index (κ2) is 6.86. The zero-order valence-electron chi connectivity index (χ0n) is 14.6. The highest BCUT2D eigenvalue weighted by Crippen LogP contribution is 2.35. The Morgan fingerprint density at radius 3 is 2.20 bits per heavy atom. The van der Waals surface area contributed by atoms with Crippen molar-refractivity contribution in [3.8, 4) is 11.1 Å². The lowest BCUT2D eigenvalue weighted by atomic mass is 10.0. The average Bonchev–Trinajstić information content (AvgIpc) is 2.94. The van der Waals surface area contributed by atoms with Crippen LogP contribution >= 0.6 is 0 Å². The molecule has 130 valence electrons. The van der Waals surface area contributed by atoms with Gasteiger partial charge in [-0.25, -0.2) is 8.42 Å². The number of hydrogen-bond donors (Lipinski definition) is 2. The lowest BCUT2D eigenvalue weighted by Crippen LogP contribution is -2.07. The van der Waals surface area contributed by atoms with Gasteiger partial charge in [0.1, 0.15) is 5.03 Å². The van der Waals surface area contributed by atoms with E-state index in [1.165, 1.54) is 0 Å². The van der Waals surface area contributed by atoms with Crippen molar-refractivity contribution in [1.82, 2.24) is 10.3 Å². The number of sulfone groups is 1. The molecule has 25 heavy (non-hydrogen) atoms. The molecular weight excluding hydrogens is 332 g/mol. The van der Waals surface area contributed by atoms with Gasteiger partial charge >= 0.3 is 0 Å². The second-order valence-electron chi connectivity index (χ2n) is 6.15. The molecule has 0 saturated carbocycles. The van der Waals surface area contributed by atoms with Gasteiger partial charge in [0.15, 0.2) is 0 Å². The van der Waals surface area contributed by atoms with E-state index >= 15 is 0 Å². The van der Waals surface area contributed by atoms with E-state index in [1.54, 1.807) is 12.1 Å². The molecule has 0 unspecified atom stereocenters. The van der Waals surface area contributed by atoms with Crippen LogP contribution in [0.5, 0.6) is 0 Å². The maximum atomic E-state index is 13.3. The van der Waals surface area contributed by atoms with Gasteiger partial charge in [-0.3, -0.25) is 0 Å². The van der Waals surface area contributed by atoms with Gasteiger partial charge in [0.05, 0.1) is 4.90 Å². The van der Waals surface area contributed by atoms with Gasteiger partial charge in [0.25, 0.3) is 0 Å². The van der Waals surface area contributed by atoms with Crippen LogP contribution in [0.3, 0.4) is 0 Å². The summed E-state index contributed by atoms with van der Waals surface area (Å²) in [7, 11) is -1.79. The Labute approximate surface area is 148 Å². The first-order valence-electron chi connectivity index (χ1n) is 8.18. The normalized spacial score (nSPS) is 11.6. The molecule has 0 radical (unpaired) electrons. The molecule has 0 aliphatic carbocycles. The molecule has 0 bridgehead atoms. The summed E-state index contributed by atoms with van der Waals surface area (Å²) in [6.07, 6.45) is 0. The van der Waals surface area contributed by atoms with Gasteiger partial charge in [0, 0.05) is 17.8 Å². The molecule has 0 atom stereocenters. The quantitative estimate of drug-likeness (QED) is 0.731. The van der Waals surface area contributed by atoms with Gasteiger partial charge in [-0.1, -0.05) is 48.0 Å². The summed E-state index contributed by atoms with van der Waals surface area (Å²) < 4.78 is 26.5. The molecule has 0 saturated heterocycles. The number of hydrogen-bond acceptors (Lipinski definition) is 3. The summed E-state index contributed by atoms with van der Waals surface area (Å²) in [5.41, 5.74) is 4.50. The van der Waals surface area contributed by atoms with Crippen molar-refractivity contribution in [2.45, 2.75) is 30.3 Å². The van der Waals surface area contributed by atoms with Crippen LogP contribution < -0.4 is 5.32 Å². The number of aromatic nitrogens is 1. The summed E-state index contributed by atoms with van der Waals surface area (Å²) in [4.78, 5) is 3.45. The summed E-state index contributed by atoms with van der Waals surface area (Å²) in [6, 6.07) is 16.6. The largest absolute Gasteiger partial charge is 0.347 e. The van der Waals surface area contributed by atoms with Crippen LogP contribution in [-0.2, 0) is 16.4 Å². The first kappa shape index (κ1) is 17.5. The van der Waals surface area contributed by atoms with Crippen LogP contribution in [0.15, 0.2) is 64.5 Å². The van der Waals surface area contributed by atoms with E-state index in [4.69, 9.17) is 0 Å². The molecule has 0 aliphatic rings. The van der Waals surface area contributed by atoms with Crippen molar-refractivity contribution < 1.29 is 8.42 Å². The summed E-state index contributed by atoms with van der Waals surface area (Å²) >= 11 is 0. The zero-order valence-corrected chi connectivity index (χ0v) is 15.4. The highest BCUT2D eigenvalue weighted by Gasteiger charge is 2.27. The Morgan fingerprint density at radius 1 is 0.960 bits per heavy atom. The summed E-state index contributed by atoms with van der Waals surface area (Å²) in [5, 5.41) is 3.34. The van der Waals surface area contributed by atoms with Crippen LogP contribution in [0.1, 0.15) is 16.8 Å². The van der Waals surface area contributed by atoms with E-state index in [0.717, 1.165) is 27.9 Å². The Balaban J connectivity index is 2.24. The monoisotopic (exact) mass is 354 g/mol. The Hall–Kier alpha value is -2.37. The van der Waals surface area contributed by atoms with Crippen molar-refractivity contribution in [3.63, 3.8) is 0 Å². The summed E-state index contributed by atoms with van der Waals surface area (Å²) in [6.45, 7) is 4.48. The minimum Gasteiger partial charge on any atom is -0.347 e. The molecule has 0 fully saturated rings. The molecule has 4 nitrogen and oxygen atoms in total. The van der Waals surface area contributed by atoms with Gasteiger partial charge in [-0.2, -0.15) is 0 Å². The van der Waals surface area contributed by atoms with E-state index in [1.807, 2.05) is 63.4 Å². The van der Waals surface area contributed by atoms with E-state index < -0.39 is 9.84 Å². The van der Waals surface area contributed by atoms with Crippen LogP contribution in [0.25, 0.3) is 11.1 Å². The maximum Gasteiger partial charge on any atom is 0.222 e. The van der Waals surface area contributed by atoms with Crippen molar-refractivity contribution in [2.24, 2.45) is 0 Å². The predicted octanol–water partition coefficient (Wildman–Crippen LogP) is 3.85. The van der Waals surface area contributed by atoms with Gasteiger partial charge in [-0.05, 0) is 44.2 Å². The average molecular weight is 354 g/mol. The van der Waals surface area contributed by atoms with Crippen LogP contribution in [0.2, 0.25) is 0 Å². The fourth-order valence-corrected chi connectivity index (χ4v) is 4.48. The highest BCUT2D eigenvalue weighted by atomic mass is 32.2. The smallest absolute Gasteiger partial charge is 0.222 e. The van der Waals surface area contributed by atoms with Gasteiger partial charge < -0.3 is 10.3 Å². The second-order valence-corrected chi connectivity index (χ2v) is 8.03. The van der Waals surface area contributed by atoms with Crippen molar-refractivity contribution in [3.05, 3.63) is 71.4 Å². The molecule has 1 heterocycles. The number of rotatable bonds is 5. The predicted molar refractivity (Wildman–Crippen MR) is 100 cm³/mol. The lowest BCUT2D eigenvalue weighted by Gasteiger charge is -2.08. The number of aryl methyl sites for hydroxylation is 1. The minimum atomic E-state index is -3.64. The van der Waals surface area contributed by atoms with Crippen molar-refractivity contribution in [1.29, 1.82) is 0 Å². The molecule has 5 heteroatoms. The first-order chi connectivity index (χ1) is 11.9. The molecular formula is C20H22N2O2S. The lowest BCUT2D eigenvalue weighted by molar-refractivity contribution is 0.592. The molecule has 0 spiro atoms. The molecule has 3 aromatic rings. The van der Waals surface area contributed by atoms with E-state index in [2.05, 4.69) is 10.3 Å². The van der Waals surface area contributed by atoms with Crippen LogP contribution in [-0.4, -0.2) is 20.4 Å². The standard InChI is InChI=1S/C20H22N2O2S/c1-14-9-11-17(12-10-14)25(23,24)20-19(16-7-5-4-6-8-16)15(2)18(22-20)13-21-3/h4-12,21-22H,13H2,1-3H3. The number of benzene rings is 2. The molecule has 2 N–H and O–H groups in total. The third-order valence-corrected chi connectivity index (χ3v) is 6.07. The number of H-pyrrole nitrogens is 1. The summed E-state index contributed by atoms with van der Waals surface area (Å²) in [5.74, 6) is 0. The van der Waals surface area contributed by atoms with Crippen molar-refractivity contribution >= 4 is 9.84 Å². The van der Waals surface area contributed by atoms with Gasteiger partial charge in [-0.15, -0.1) is 0 Å². The molecule has 2 aromatic carbocycles. The first-order valence-corrected chi connectivity index (χ1v) is 9.66. The number of nitrogens with one attached hydrogen (secondary N) is 2. The van der Waals surface area contributed by atoms with Crippen LogP contribution in [0, 0.1) is 13.8 Å². The maximum absolute atomic E-state index is 13.3. The zero-order chi connectivity index (χ0) is 18.0. The Morgan fingerprint density at radius 2 is 1.60 bits per heavy atom. The number of aromatic amines is 1. The fourth-order valence-electron chi connectivity index (χ4n) is 2.96. The molecule has 0 amide bonds. The molecule has 3 rings (SSSR count). The van der Waals surface area contributed by atoms with E-state index in [-0.39, 0.29) is 5.03 Å². The minimum absolute atomic E-state index is 0.255. The van der Waals surface area contributed by atoms with Crippen molar-refractivity contribution in [2.75, 3.05) is 7.05 Å². The van der Waals surface area contributed by atoms with E-state index in [0.29, 0.717) is 11.4 Å². The topological polar surface area (TPSA) is 62.0 Å². The third-order valence-electron chi connectivity index (χ3n) is 4.34. The fraction of sp³-hybridized carbons (Fsp3) is 0.200. The van der Waals surface area contributed by atoms with E-state index in [9.17, 15) is 8.42 Å². The SMILES string of the molecule is CNCc1[nH]c(S(=O)(=O)c2ccc(C)cc2)c(-c2ccccc2)c1C.